The summed E-state index contributed by atoms with van der Waals surface area (Å²) in [4.78, 5) is 14.4. The number of carbonyl (C=O) groups excluding carboxylic acids is 1. The van der Waals surface area contributed by atoms with Crippen LogP contribution < -0.4 is 14.4 Å². The first kappa shape index (κ1) is 24.9. The van der Waals surface area contributed by atoms with Crippen LogP contribution >= 0.6 is 0 Å². The molecule has 3 aromatic carbocycles. The molecule has 1 aliphatic heterocycles. The molecule has 1 heterocycles. The molecule has 0 fully saturated rings. The number of carbonyl (C=O) groups is 1. The second kappa shape index (κ2) is 10.2. The van der Waals surface area contributed by atoms with E-state index in [9.17, 15) is 23.1 Å². The highest BCUT2D eigenvalue weighted by Crippen LogP contribution is 2.45. The van der Waals surface area contributed by atoms with Crippen molar-refractivity contribution < 1.29 is 32.5 Å². The second-order valence-corrected chi connectivity index (χ2v) is 8.13. The zero-order valence-electron chi connectivity index (χ0n) is 19.6. The van der Waals surface area contributed by atoms with Crippen molar-refractivity contribution in [2.45, 2.75) is 18.6 Å². The summed E-state index contributed by atoms with van der Waals surface area (Å²) >= 11 is 0. The van der Waals surface area contributed by atoms with Gasteiger partial charge in [-0.2, -0.15) is 13.2 Å². The maximum atomic E-state index is 13.4. The SMILES string of the molecule is COc1ccc(C2C(C/C=C/c3ccccc3)=C(O)C(=O)N2c2cccc(C(F)(F)F)c2)cc1OC. The third-order valence-corrected chi connectivity index (χ3v) is 5.94. The zero-order valence-corrected chi connectivity index (χ0v) is 19.6. The molecule has 1 atom stereocenters. The molecule has 1 unspecified atom stereocenters. The van der Waals surface area contributed by atoms with E-state index >= 15 is 0 Å². The molecule has 0 aliphatic carbocycles. The van der Waals surface area contributed by atoms with Crippen LogP contribution in [0.25, 0.3) is 6.08 Å². The van der Waals surface area contributed by atoms with Gasteiger partial charge in [0, 0.05) is 11.3 Å². The number of hydrogen-bond donors (Lipinski definition) is 1. The largest absolute Gasteiger partial charge is 0.503 e. The molecule has 1 N–H and O–H groups in total. The van der Waals surface area contributed by atoms with Crippen LogP contribution in [0.5, 0.6) is 11.5 Å². The van der Waals surface area contributed by atoms with Gasteiger partial charge in [-0.3, -0.25) is 9.69 Å². The maximum absolute atomic E-state index is 13.4. The summed E-state index contributed by atoms with van der Waals surface area (Å²) in [6.07, 6.45) is -0.740. The number of aliphatic hydroxyl groups excluding tert-OH is 1. The Kier molecular flexibility index (Phi) is 7.05. The number of allylic oxidation sites excluding steroid dienone is 1. The highest BCUT2D eigenvalue weighted by Gasteiger charge is 2.42. The topological polar surface area (TPSA) is 59.0 Å². The van der Waals surface area contributed by atoms with E-state index < -0.39 is 29.4 Å². The molecule has 0 bridgehead atoms. The number of ether oxygens (including phenoxy) is 2. The molecule has 186 valence electrons. The highest BCUT2D eigenvalue weighted by atomic mass is 19.4. The molecule has 0 saturated carbocycles. The first-order valence-corrected chi connectivity index (χ1v) is 11.1. The number of amides is 1. The van der Waals surface area contributed by atoms with E-state index in [1.165, 1.54) is 31.3 Å². The summed E-state index contributed by atoms with van der Waals surface area (Å²) in [5.41, 5.74) is 0.959. The Labute approximate surface area is 206 Å². The fourth-order valence-corrected chi connectivity index (χ4v) is 4.22. The predicted molar refractivity (Wildman–Crippen MR) is 131 cm³/mol. The van der Waals surface area contributed by atoms with Gasteiger partial charge in [-0.05, 0) is 47.9 Å². The summed E-state index contributed by atoms with van der Waals surface area (Å²) in [5.74, 6) is -0.436. The highest BCUT2D eigenvalue weighted by molar-refractivity contribution is 6.08. The van der Waals surface area contributed by atoms with Crippen LogP contribution in [0.1, 0.15) is 29.2 Å². The number of alkyl halides is 3. The van der Waals surface area contributed by atoms with Crippen molar-refractivity contribution >= 4 is 17.7 Å². The van der Waals surface area contributed by atoms with Gasteiger partial charge in [0.1, 0.15) is 0 Å². The van der Waals surface area contributed by atoms with Crippen LogP contribution in [0.3, 0.4) is 0 Å². The van der Waals surface area contributed by atoms with E-state index in [1.807, 2.05) is 36.4 Å². The van der Waals surface area contributed by atoms with E-state index in [1.54, 1.807) is 24.3 Å². The molecule has 0 saturated heterocycles. The van der Waals surface area contributed by atoms with E-state index in [-0.39, 0.29) is 12.1 Å². The summed E-state index contributed by atoms with van der Waals surface area (Å²) in [7, 11) is 2.94. The average Bonchev–Trinajstić information content (AvgIpc) is 3.13. The van der Waals surface area contributed by atoms with E-state index in [0.29, 0.717) is 22.6 Å². The van der Waals surface area contributed by atoms with Crippen LogP contribution in [0, 0.1) is 0 Å². The maximum Gasteiger partial charge on any atom is 0.416 e. The Balaban J connectivity index is 1.80. The van der Waals surface area contributed by atoms with Crippen molar-refractivity contribution in [2.24, 2.45) is 0 Å². The predicted octanol–water partition coefficient (Wildman–Crippen LogP) is 6.73. The molecule has 1 amide bonds. The van der Waals surface area contributed by atoms with Crippen molar-refractivity contribution in [1.29, 1.82) is 0 Å². The smallest absolute Gasteiger partial charge is 0.416 e. The van der Waals surface area contributed by atoms with Crippen molar-refractivity contribution in [1.82, 2.24) is 0 Å². The molecule has 0 radical (unpaired) electrons. The third kappa shape index (κ3) is 4.93. The van der Waals surface area contributed by atoms with Gasteiger partial charge in [-0.1, -0.05) is 54.6 Å². The van der Waals surface area contributed by atoms with Gasteiger partial charge in [0.15, 0.2) is 17.3 Å². The van der Waals surface area contributed by atoms with Crippen molar-refractivity contribution in [3.8, 4) is 11.5 Å². The fraction of sp³-hybridized carbons (Fsp3) is 0.179. The Morgan fingerprint density at radius 2 is 1.67 bits per heavy atom. The number of aliphatic hydroxyl groups is 1. The summed E-state index contributed by atoms with van der Waals surface area (Å²) in [6, 6.07) is 18.1. The number of nitrogens with zero attached hydrogens (tertiary/aromatic N) is 1. The average molecular weight is 495 g/mol. The Hall–Kier alpha value is -4.20. The van der Waals surface area contributed by atoms with Crippen molar-refractivity contribution in [3.63, 3.8) is 0 Å². The van der Waals surface area contributed by atoms with Gasteiger partial charge < -0.3 is 14.6 Å². The molecular weight excluding hydrogens is 471 g/mol. The molecule has 0 aromatic heterocycles. The van der Waals surface area contributed by atoms with Gasteiger partial charge in [0.25, 0.3) is 5.91 Å². The van der Waals surface area contributed by atoms with Crippen molar-refractivity contribution in [2.75, 3.05) is 19.1 Å². The lowest BCUT2D eigenvalue weighted by Crippen LogP contribution is -2.30. The lowest BCUT2D eigenvalue weighted by atomic mass is 9.95. The van der Waals surface area contributed by atoms with Gasteiger partial charge in [0.05, 0.1) is 25.8 Å². The monoisotopic (exact) mass is 495 g/mol. The number of benzene rings is 3. The van der Waals surface area contributed by atoms with Gasteiger partial charge in [-0.15, -0.1) is 0 Å². The van der Waals surface area contributed by atoms with E-state index in [4.69, 9.17) is 9.47 Å². The Morgan fingerprint density at radius 1 is 0.944 bits per heavy atom. The lowest BCUT2D eigenvalue weighted by molar-refractivity contribution is -0.137. The van der Waals surface area contributed by atoms with Crippen LogP contribution in [-0.4, -0.2) is 25.2 Å². The minimum atomic E-state index is -4.59. The molecule has 1 aliphatic rings. The molecule has 3 aromatic rings. The fourth-order valence-electron chi connectivity index (χ4n) is 4.22. The Bertz CT molecular complexity index is 1320. The molecule has 8 heteroatoms. The molecule has 5 nitrogen and oxygen atoms in total. The number of rotatable bonds is 7. The summed E-state index contributed by atoms with van der Waals surface area (Å²) < 4.78 is 51.0. The van der Waals surface area contributed by atoms with Crippen molar-refractivity contribution in [3.05, 3.63) is 107 Å². The van der Waals surface area contributed by atoms with Crippen LogP contribution in [0.4, 0.5) is 18.9 Å². The molecule has 0 spiro atoms. The normalized spacial score (nSPS) is 16.2. The summed E-state index contributed by atoms with van der Waals surface area (Å²) in [6.45, 7) is 0. The number of anilines is 1. The minimum Gasteiger partial charge on any atom is -0.503 e. The molecule has 36 heavy (non-hydrogen) atoms. The van der Waals surface area contributed by atoms with Crippen LogP contribution in [0.15, 0.2) is 90.2 Å². The number of halogens is 3. The Morgan fingerprint density at radius 3 is 2.33 bits per heavy atom. The van der Waals surface area contributed by atoms with E-state index in [2.05, 4.69) is 0 Å². The quantitative estimate of drug-likeness (QED) is 0.395. The standard InChI is InChI=1S/C28H24F3NO4/c1-35-23-15-14-19(16-24(23)36-2)25-22(13-6-10-18-8-4-3-5-9-18)26(33)27(34)32(25)21-12-7-11-20(17-21)28(29,30)31/h3-12,14-17,25,33H,13H2,1-2H3/b10-6+. The zero-order chi connectivity index (χ0) is 25.9. The van der Waals surface area contributed by atoms with Gasteiger partial charge in [-0.25, -0.2) is 0 Å². The third-order valence-electron chi connectivity index (χ3n) is 5.94. The van der Waals surface area contributed by atoms with E-state index in [0.717, 1.165) is 17.7 Å². The molecular formula is C28H24F3NO4. The van der Waals surface area contributed by atoms with Crippen LogP contribution in [0.2, 0.25) is 0 Å². The molecule has 4 rings (SSSR count). The first-order chi connectivity index (χ1) is 17.2. The van der Waals surface area contributed by atoms with Gasteiger partial charge in [0.2, 0.25) is 0 Å². The number of hydrogen-bond acceptors (Lipinski definition) is 4. The van der Waals surface area contributed by atoms with Gasteiger partial charge >= 0.3 is 6.18 Å². The second-order valence-electron chi connectivity index (χ2n) is 8.13. The first-order valence-electron chi connectivity index (χ1n) is 11.1. The lowest BCUT2D eigenvalue weighted by Gasteiger charge is -2.28. The van der Waals surface area contributed by atoms with Crippen LogP contribution in [-0.2, 0) is 11.0 Å². The number of methoxy groups -OCH3 is 2. The summed E-state index contributed by atoms with van der Waals surface area (Å²) in [5, 5.41) is 10.9. The minimum absolute atomic E-state index is 0.0169.